The first-order chi connectivity index (χ1) is 9.44. The summed E-state index contributed by atoms with van der Waals surface area (Å²) in [5.74, 6) is 0.717. The molecule has 5 N–H and O–H groups in total. The quantitative estimate of drug-likeness (QED) is 0.616. The van der Waals surface area contributed by atoms with Crippen LogP contribution in [0.2, 0.25) is 0 Å². The highest BCUT2D eigenvalue weighted by Gasteiger charge is 2.19. The van der Waals surface area contributed by atoms with Crippen LogP contribution in [-0.2, 0) is 10.0 Å². The van der Waals surface area contributed by atoms with Crippen LogP contribution in [-0.4, -0.2) is 25.4 Å². The van der Waals surface area contributed by atoms with Gasteiger partial charge in [0.15, 0.2) is 0 Å². The van der Waals surface area contributed by atoms with Crippen LogP contribution in [0.5, 0.6) is 0 Å². The highest BCUT2D eigenvalue weighted by molar-refractivity contribution is 7.89. The SMILES string of the molecule is CNS(=O)(=O)c1cc(N)ccc1NC(C)c1ncc[nH]1. The summed E-state index contributed by atoms with van der Waals surface area (Å²) in [4.78, 5) is 7.22. The van der Waals surface area contributed by atoms with Crippen molar-refractivity contribution in [3.8, 4) is 0 Å². The van der Waals surface area contributed by atoms with Crippen molar-refractivity contribution in [2.45, 2.75) is 17.9 Å². The molecule has 0 fully saturated rings. The predicted molar refractivity (Wildman–Crippen MR) is 77.7 cm³/mol. The minimum absolute atomic E-state index is 0.110. The average molecular weight is 295 g/mol. The van der Waals surface area contributed by atoms with Crippen LogP contribution in [0.15, 0.2) is 35.5 Å². The standard InChI is InChI=1S/C12H17N5O2S/c1-8(12-15-5-6-16-12)17-10-4-3-9(13)7-11(10)20(18,19)14-2/h3-8,14,17H,13H2,1-2H3,(H,15,16). The molecule has 0 radical (unpaired) electrons. The third-order valence-corrected chi connectivity index (χ3v) is 4.32. The molecule has 1 aromatic carbocycles. The number of imidazole rings is 1. The number of H-pyrrole nitrogens is 1. The van der Waals surface area contributed by atoms with Crippen molar-refractivity contribution in [1.82, 2.24) is 14.7 Å². The Morgan fingerprint density at radius 3 is 2.75 bits per heavy atom. The summed E-state index contributed by atoms with van der Waals surface area (Å²) in [6, 6.07) is 4.54. The lowest BCUT2D eigenvalue weighted by Gasteiger charge is -2.17. The maximum atomic E-state index is 12.0. The molecule has 108 valence electrons. The number of sulfonamides is 1. The highest BCUT2D eigenvalue weighted by Crippen LogP contribution is 2.26. The molecule has 2 rings (SSSR count). The zero-order chi connectivity index (χ0) is 14.8. The normalized spacial score (nSPS) is 13.1. The number of rotatable bonds is 5. The van der Waals surface area contributed by atoms with Gasteiger partial charge in [-0.05, 0) is 32.2 Å². The van der Waals surface area contributed by atoms with Crippen molar-refractivity contribution in [2.75, 3.05) is 18.1 Å². The van der Waals surface area contributed by atoms with E-state index >= 15 is 0 Å². The van der Waals surface area contributed by atoms with E-state index in [2.05, 4.69) is 20.0 Å². The van der Waals surface area contributed by atoms with Gasteiger partial charge < -0.3 is 16.0 Å². The minimum Gasteiger partial charge on any atom is -0.399 e. The second-order valence-electron chi connectivity index (χ2n) is 4.30. The topological polar surface area (TPSA) is 113 Å². The number of aromatic nitrogens is 2. The summed E-state index contributed by atoms with van der Waals surface area (Å²) in [7, 11) is -2.23. The molecule has 0 bridgehead atoms. The predicted octanol–water partition coefficient (Wildman–Crippen LogP) is 1.07. The lowest BCUT2D eigenvalue weighted by molar-refractivity contribution is 0.588. The van der Waals surface area contributed by atoms with Crippen LogP contribution in [0, 0.1) is 0 Å². The van der Waals surface area contributed by atoms with Gasteiger partial charge in [-0.3, -0.25) is 0 Å². The molecule has 0 aliphatic rings. The van der Waals surface area contributed by atoms with Crippen LogP contribution >= 0.6 is 0 Å². The van der Waals surface area contributed by atoms with Crippen molar-refractivity contribution < 1.29 is 8.42 Å². The van der Waals surface area contributed by atoms with Gasteiger partial charge in [-0.2, -0.15) is 0 Å². The van der Waals surface area contributed by atoms with Gasteiger partial charge in [0.05, 0.1) is 11.7 Å². The summed E-state index contributed by atoms with van der Waals surface area (Å²) >= 11 is 0. The summed E-state index contributed by atoms with van der Waals surface area (Å²) in [5.41, 5.74) is 6.52. The van der Waals surface area contributed by atoms with E-state index in [1.807, 2.05) is 6.92 Å². The van der Waals surface area contributed by atoms with E-state index in [1.54, 1.807) is 24.5 Å². The molecule has 0 saturated carbocycles. The van der Waals surface area contributed by atoms with Gasteiger partial charge in [0.2, 0.25) is 10.0 Å². The molecule has 0 spiro atoms. The number of nitrogens with one attached hydrogen (secondary N) is 3. The van der Waals surface area contributed by atoms with Crippen molar-refractivity contribution in [2.24, 2.45) is 0 Å². The van der Waals surface area contributed by atoms with Gasteiger partial charge in [0.25, 0.3) is 0 Å². The molecule has 1 atom stereocenters. The summed E-state index contributed by atoms with van der Waals surface area (Å²) in [5, 5.41) is 3.11. The first-order valence-corrected chi connectivity index (χ1v) is 7.51. The first-order valence-electron chi connectivity index (χ1n) is 6.03. The number of nitrogen functional groups attached to an aromatic ring is 1. The number of aromatic amines is 1. The summed E-state index contributed by atoms with van der Waals surface area (Å²) in [6.07, 6.45) is 3.35. The van der Waals surface area contributed by atoms with Crippen molar-refractivity contribution in [3.63, 3.8) is 0 Å². The van der Waals surface area contributed by atoms with Crippen molar-refractivity contribution >= 4 is 21.4 Å². The second kappa shape index (κ2) is 5.51. The largest absolute Gasteiger partial charge is 0.399 e. The second-order valence-corrected chi connectivity index (χ2v) is 6.16. The van der Waals surface area contributed by atoms with E-state index in [4.69, 9.17) is 5.73 Å². The molecule has 1 heterocycles. The van der Waals surface area contributed by atoms with Crippen molar-refractivity contribution in [1.29, 1.82) is 0 Å². The molecule has 1 aromatic heterocycles. The molecule has 2 aromatic rings. The van der Waals surface area contributed by atoms with Crippen LogP contribution in [0.4, 0.5) is 11.4 Å². The zero-order valence-electron chi connectivity index (χ0n) is 11.2. The lowest BCUT2D eigenvalue weighted by atomic mass is 10.2. The van der Waals surface area contributed by atoms with Gasteiger partial charge in [0.1, 0.15) is 10.7 Å². The molecule has 20 heavy (non-hydrogen) atoms. The van der Waals surface area contributed by atoms with Gasteiger partial charge in [-0.15, -0.1) is 0 Å². The van der Waals surface area contributed by atoms with Crippen LogP contribution in [0.25, 0.3) is 0 Å². The molecule has 7 nitrogen and oxygen atoms in total. The van der Waals surface area contributed by atoms with E-state index in [9.17, 15) is 8.42 Å². The smallest absolute Gasteiger partial charge is 0.242 e. The fourth-order valence-corrected chi connectivity index (χ4v) is 2.73. The molecule has 8 heteroatoms. The number of benzene rings is 1. The molecular weight excluding hydrogens is 278 g/mol. The number of nitrogens with two attached hydrogens (primary N) is 1. The van der Waals surface area contributed by atoms with E-state index in [0.29, 0.717) is 11.4 Å². The Hall–Kier alpha value is -2.06. The maximum absolute atomic E-state index is 12.0. The molecular formula is C12H17N5O2S. The Labute approximate surface area is 117 Å². The Bertz CT molecular complexity index is 682. The first kappa shape index (κ1) is 14.4. The molecule has 0 amide bonds. The summed E-state index contributed by atoms with van der Waals surface area (Å²) in [6.45, 7) is 1.88. The number of anilines is 2. The summed E-state index contributed by atoms with van der Waals surface area (Å²) < 4.78 is 26.3. The maximum Gasteiger partial charge on any atom is 0.242 e. The monoisotopic (exact) mass is 295 g/mol. The van der Waals surface area contributed by atoms with Gasteiger partial charge in [0, 0.05) is 18.1 Å². The Kier molecular flexibility index (Phi) is 3.96. The van der Waals surface area contributed by atoms with Crippen LogP contribution in [0.3, 0.4) is 0 Å². The Balaban J connectivity index is 2.37. The lowest BCUT2D eigenvalue weighted by Crippen LogP contribution is -2.21. The molecule has 0 aliphatic carbocycles. The third-order valence-electron chi connectivity index (χ3n) is 2.87. The minimum atomic E-state index is -3.59. The number of nitrogens with zero attached hydrogens (tertiary/aromatic N) is 1. The fourth-order valence-electron chi connectivity index (χ4n) is 1.81. The molecule has 0 aliphatic heterocycles. The molecule has 0 saturated heterocycles. The zero-order valence-corrected chi connectivity index (χ0v) is 12.0. The Morgan fingerprint density at radius 2 is 2.15 bits per heavy atom. The Morgan fingerprint density at radius 1 is 1.40 bits per heavy atom. The van der Waals surface area contributed by atoms with Gasteiger partial charge >= 0.3 is 0 Å². The number of hydrogen-bond donors (Lipinski definition) is 4. The van der Waals surface area contributed by atoms with E-state index < -0.39 is 10.0 Å². The van der Waals surface area contributed by atoms with Crippen molar-refractivity contribution in [3.05, 3.63) is 36.4 Å². The molecule has 1 unspecified atom stereocenters. The average Bonchev–Trinajstić information content (AvgIpc) is 2.94. The number of hydrogen-bond acceptors (Lipinski definition) is 5. The van der Waals surface area contributed by atoms with Gasteiger partial charge in [-0.25, -0.2) is 18.1 Å². The third kappa shape index (κ3) is 2.91. The van der Waals surface area contributed by atoms with E-state index in [1.165, 1.54) is 13.1 Å². The van der Waals surface area contributed by atoms with Crippen LogP contribution < -0.4 is 15.8 Å². The van der Waals surface area contributed by atoms with Gasteiger partial charge in [-0.1, -0.05) is 0 Å². The van der Waals surface area contributed by atoms with E-state index in [0.717, 1.165) is 5.82 Å². The fraction of sp³-hybridized carbons (Fsp3) is 0.250. The highest BCUT2D eigenvalue weighted by atomic mass is 32.2. The van der Waals surface area contributed by atoms with Crippen LogP contribution in [0.1, 0.15) is 18.8 Å². The van der Waals surface area contributed by atoms with E-state index in [-0.39, 0.29) is 10.9 Å².